The van der Waals surface area contributed by atoms with Crippen LogP contribution in [0.4, 0.5) is 0 Å². The number of aryl methyl sites for hydroxylation is 2. The number of hydrogen-bond acceptors (Lipinski definition) is 4. The number of amides is 1. The molecule has 28 heavy (non-hydrogen) atoms. The van der Waals surface area contributed by atoms with Gasteiger partial charge in [-0.15, -0.1) is 0 Å². The van der Waals surface area contributed by atoms with Gasteiger partial charge in [0, 0.05) is 6.42 Å². The third-order valence-electron chi connectivity index (χ3n) is 4.51. The Kier molecular flexibility index (Phi) is 7.87. The zero-order chi connectivity index (χ0) is 20.5. The van der Waals surface area contributed by atoms with Gasteiger partial charge in [0.2, 0.25) is 5.91 Å². The maximum Gasteiger partial charge on any atom is 0.305 e. The molecule has 1 amide bonds. The summed E-state index contributed by atoms with van der Waals surface area (Å²) in [5.41, 5.74) is 3.04. The maximum atomic E-state index is 12.4. The molecule has 0 aromatic heterocycles. The normalized spacial score (nSPS) is 11.5. The Bertz CT molecular complexity index is 801. The smallest absolute Gasteiger partial charge is 0.305 e. The minimum Gasteiger partial charge on any atom is -0.493 e. The number of carboxylic acids is 1. The highest BCUT2D eigenvalue weighted by molar-refractivity contribution is 5.77. The number of nitrogens with one attached hydrogen (secondary N) is 1. The predicted molar refractivity (Wildman–Crippen MR) is 107 cm³/mol. The van der Waals surface area contributed by atoms with E-state index in [4.69, 9.17) is 9.47 Å². The molecule has 6 heteroatoms. The van der Waals surface area contributed by atoms with Crippen molar-refractivity contribution in [2.75, 3.05) is 14.2 Å². The van der Waals surface area contributed by atoms with Gasteiger partial charge in [0.05, 0.1) is 26.7 Å². The van der Waals surface area contributed by atoms with Crippen molar-refractivity contribution < 1.29 is 24.2 Å². The Balaban J connectivity index is 1.99. The largest absolute Gasteiger partial charge is 0.493 e. The summed E-state index contributed by atoms with van der Waals surface area (Å²) in [6, 6.07) is 12.7. The molecule has 1 unspecified atom stereocenters. The standard InChI is InChI=1S/C22H27NO5/c1-15-7-9-16(10-8-15)5-4-6-21(24)23-18(14-22(25)26)17-11-12-19(27-2)20(13-17)28-3/h7-13,18H,4-6,14H2,1-3H3,(H,23,24)(H,25,26). The minimum absolute atomic E-state index is 0.173. The van der Waals surface area contributed by atoms with Crippen molar-refractivity contribution in [1.82, 2.24) is 5.32 Å². The summed E-state index contributed by atoms with van der Waals surface area (Å²) >= 11 is 0. The molecule has 0 aliphatic heterocycles. The molecule has 0 saturated heterocycles. The molecule has 0 bridgehead atoms. The number of carbonyl (C=O) groups excluding carboxylic acids is 1. The van der Waals surface area contributed by atoms with Crippen molar-refractivity contribution in [2.45, 2.75) is 38.6 Å². The van der Waals surface area contributed by atoms with Crippen LogP contribution in [0, 0.1) is 6.92 Å². The number of carboxylic acid groups (broad SMARTS) is 1. The molecule has 2 N–H and O–H groups in total. The van der Waals surface area contributed by atoms with E-state index in [1.54, 1.807) is 18.2 Å². The lowest BCUT2D eigenvalue weighted by molar-refractivity contribution is -0.137. The van der Waals surface area contributed by atoms with Crippen LogP contribution in [-0.4, -0.2) is 31.2 Å². The van der Waals surface area contributed by atoms with E-state index in [9.17, 15) is 14.7 Å². The molecule has 0 spiro atoms. The highest BCUT2D eigenvalue weighted by Crippen LogP contribution is 2.31. The minimum atomic E-state index is -0.986. The maximum absolute atomic E-state index is 12.4. The molecule has 2 aromatic carbocycles. The zero-order valence-electron chi connectivity index (χ0n) is 16.5. The number of ether oxygens (including phenoxy) is 2. The molecule has 0 aliphatic rings. The summed E-state index contributed by atoms with van der Waals surface area (Å²) in [5, 5.41) is 12.1. The molecule has 6 nitrogen and oxygen atoms in total. The van der Waals surface area contributed by atoms with Crippen LogP contribution < -0.4 is 14.8 Å². The zero-order valence-corrected chi connectivity index (χ0v) is 16.5. The van der Waals surface area contributed by atoms with Gasteiger partial charge in [-0.3, -0.25) is 9.59 Å². The third kappa shape index (κ3) is 6.30. The van der Waals surface area contributed by atoms with Crippen LogP contribution in [0.15, 0.2) is 42.5 Å². The monoisotopic (exact) mass is 385 g/mol. The summed E-state index contributed by atoms with van der Waals surface area (Å²) in [6.07, 6.45) is 1.62. The Morgan fingerprint density at radius 2 is 1.71 bits per heavy atom. The molecule has 0 heterocycles. The second-order valence-corrected chi connectivity index (χ2v) is 6.67. The molecule has 0 radical (unpaired) electrons. The average molecular weight is 385 g/mol. The van der Waals surface area contributed by atoms with Crippen molar-refractivity contribution in [3.8, 4) is 11.5 Å². The summed E-state index contributed by atoms with van der Waals surface area (Å²) in [7, 11) is 3.04. The highest BCUT2D eigenvalue weighted by atomic mass is 16.5. The molecule has 0 fully saturated rings. The fourth-order valence-electron chi connectivity index (χ4n) is 2.97. The van der Waals surface area contributed by atoms with E-state index in [1.807, 2.05) is 6.92 Å². The van der Waals surface area contributed by atoms with Crippen LogP contribution in [0.5, 0.6) is 11.5 Å². The van der Waals surface area contributed by atoms with E-state index in [-0.39, 0.29) is 12.3 Å². The topological polar surface area (TPSA) is 84.9 Å². The van der Waals surface area contributed by atoms with Crippen molar-refractivity contribution in [3.05, 3.63) is 59.2 Å². The van der Waals surface area contributed by atoms with Gasteiger partial charge in [0.15, 0.2) is 11.5 Å². The SMILES string of the molecule is COc1ccc(C(CC(=O)O)NC(=O)CCCc2ccc(C)cc2)cc1OC. The van der Waals surface area contributed by atoms with Crippen LogP contribution in [0.3, 0.4) is 0 Å². The van der Waals surface area contributed by atoms with E-state index < -0.39 is 12.0 Å². The Labute approximate surface area is 165 Å². The van der Waals surface area contributed by atoms with E-state index in [0.717, 1.165) is 6.42 Å². The summed E-state index contributed by atoms with van der Waals surface area (Å²) in [5.74, 6) is -0.123. The van der Waals surface area contributed by atoms with Crippen molar-refractivity contribution >= 4 is 11.9 Å². The van der Waals surface area contributed by atoms with Crippen LogP contribution in [0.25, 0.3) is 0 Å². The molecule has 150 valence electrons. The number of hydrogen-bond donors (Lipinski definition) is 2. The first-order chi connectivity index (χ1) is 13.4. The lowest BCUT2D eigenvalue weighted by atomic mass is 10.0. The van der Waals surface area contributed by atoms with E-state index in [1.165, 1.54) is 25.3 Å². The number of aliphatic carboxylic acids is 1. The number of carbonyl (C=O) groups is 2. The van der Waals surface area contributed by atoms with Gasteiger partial charge in [0.1, 0.15) is 0 Å². The van der Waals surface area contributed by atoms with Crippen molar-refractivity contribution in [2.24, 2.45) is 0 Å². The highest BCUT2D eigenvalue weighted by Gasteiger charge is 2.19. The first-order valence-electron chi connectivity index (χ1n) is 9.21. The molecule has 1 atom stereocenters. The van der Waals surface area contributed by atoms with Crippen molar-refractivity contribution in [1.29, 1.82) is 0 Å². The van der Waals surface area contributed by atoms with Gasteiger partial charge in [-0.25, -0.2) is 0 Å². The molecule has 2 aromatic rings. The molecule has 0 saturated carbocycles. The van der Waals surface area contributed by atoms with Crippen LogP contribution in [0.1, 0.15) is 42.0 Å². The predicted octanol–water partition coefficient (Wildman–Crippen LogP) is 3.67. The lowest BCUT2D eigenvalue weighted by Crippen LogP contribution is -2.30. The van der Waals surface area contributed by atoms with E-state index in [0.29, 0.717) is 29.9 Å². The van der Waals surface area contributed by atoms with Crippen LogP contribution in [-0.2, 0) is 16.0 Å². The van der Waals surface area contributed by atoms with Crippen LogP contribution >= 0.6 is 0 Å². The second kappa shape index (κ2) is 10.3. The molecule has 0 aliphatic carbocycles. The summed E-state index contributed by atoms with van der Waals surface area (Å²) in [4.78, 5) is 23.6. The third-order valence-corrected chi connectivity index (χ3v) is 4.51. The Morgan fingerprint density at radius 3 is 2.32 bits per heavy atom. The van der Waals surface area contributed by atoms with Gasteiger partial charge >= 0.3 is 5.97 Å². The number of rotatable bonds is 10. The fourth-order valence-corrected chi connectivity index (χ4v) is 2.97. The summed E-state index contributed by atoms with van der Waals surface area (Å²) < 4.78 is 10.5. The van der Waals surface area contributed by atoms with Gasteiger partial charge in [0.25, 0.3) is 0 Å². The van der Waals surface area contributed by atoms with Crippen molar-refractivity contribution in [3.63, 3.8) is 0 Å². The Hall–Kier alpha value is -3.02. The summed E-state index contributed by atoms with van der Waals surface area (Å²) in [6.45, 7) is 2.04. The van der Waals surface area contributed by atoms with Crippen LogP contribution in [0.2, 0.25) is 0 Å². The fraction of sp³-hybridized carbons (Fsp3) is 0.364. The van der Waals surface area contributed by atoms with Gasteiger partial charge in [-0.1, -0.05) is 35.9 Å². The number of benzene rings is 2. The first-order valence-corrected chi connectivity index (χ1v) is 9.21. The quantitative estimate of drug-likeness (QED) is 0.652. The second-order valence-electron chi connectivity index (χ2n) is 6.67. The average Bonchev–Trinajstić information content (AvgIpc) is 2.68. The van der Waals surface area contributed by atoms with Gasteiger partial charge in [-0.05, 0) is 43.0 Å². The molecule has 2 rings (SSSR count). The number of methoxy groups -OCH3 is 2. The Morgan fingerprint density at radius 1 is 1.04 bits per heavy atom. The van der Waals surface area contributed by atoms with Gasteiger partial charge in [-0.2, -0.15) is 0 Å². The van der Waals surface area contributed by atoms with Gasteiger partial charge < -0.3 is 19.9 Å². The van der Waals surface area contributed by atoms with E-state index in [2.05, 4.69) is 29.6 Å². The first kappa shape index (κ1) is 21.3. The lowest BCUT2D eigenvalue weighted by Gasteiger charge is -2.19. The van der Waals surface area contributed by atoms with E-state index >= 15 is 0 Å². The molecular formula is C22H27NO5. The molecular weight excluding hydrogens is 358 g/mol.